The first-order valence-corrected chi connectivity index (χ1v) is 8.44. The number of hydrogen-bond acceptors (Lipinski definition) is 1. The highest BCUT2D eigenvalue weighted by Gasteiger charge is 2.24. The molecule has 1 heteroatoms. The first-order valence-electron chi connectivity index (χ1n) is 8.44. The monoisotopic (exact) mass is 273 g/mol. The molecule has 2 rings (SSSR count). The fraction of sp³-hybridized carbons (Fsp3) is 0.684. The van der Waals surface area contributed by atoms with Gasteiger partial charge in [-0.2, -0.15) is 0 Å². The molecule has 0 heterocycles. The van der Waals surface area contributed by atoms with Crippen LogP contribution in [0.5, 0.6) is 0 Å². The molecule has 0 amide bonds. The van der Waals surface area contributed by atoms with Gasteiger partial charge in [-0.15, -0.1) is 0 Å². The summed E-state index contributed by atoms with van der Waals surface area (Å²) in [5.74, 6) is 2.32. The summed E-state index contributed by atoms with van der Waals surface area (Å²) in [5.41, 5.74) is 3.11. The summed E-state index contributed by atoms with van der Waals surface area (Å²) in [5, 5.41) is 3.41. The lowest BCUT2D eigenvalue weighted by Gasteiger charge is -2.26. The van der Waals surface area contributed by atoms with E-state index in [1.54, 1.807) is 5.56 Å². The molecule has 0 aromatic heterocycles. The van der Waals surface area contributed by atoms with Crippen LogP contribution in [0.1, 0.15) is 63.0 Å². The van der Waals surface area contributed by atoms with Crippen molar-refractivity contribution in [1.29, 1.82) is 0 Å². The Morgan fingerprint density at radius 3 is 2.70 bits per heavy atom. The van der Waals surface area contributed by atoms with E-state index in [1.807, 2.05) is 0 Å². The molecule has 0 saturated heterocycles. The standard InChI is InChI=1S/C19H31N/c1-15(2)12-16-8-7-10-17(13-16)19-11-6-4-5-9-18(19)14-20-3/h7-8,10,13,15,18-20H,4-6,9,11-12,14H2,1-3H3. The summed E-state index contributed by atoms with van der Waals surface area (Å²) in [6, 6.07) is 9.42. The van der Waals surface area contributed by atoms with Gasteiger partial charge < -0.3 is 5.32 Å². The van der Waals surface area contributed by atoms with Gasteiger partial charge in [0.15, 0.2) is 0 Å². The molecule has 2 unspecified atom stereocenters. The summed E-state index contributed by atoms with van der Waals surface area (Å²) in [6.07, 6.45) is 8.20. The lowest BCUT2D eigenvalue weighted by Crippen LogP contribution is -2.24. The summed E-state index contributed by atoms with van der Waals surface area (Å²) in [6.45, 7) is 5.78. The second-order valence-electron chi connectivity index (χ2n) is 6.91. The van der Waals surface area contributed by atoms with Crippen LogP contribution in [-0.2, 0) is 6.42 Å². The first-order chi connectivity index (χ1) is 9.70. The zero-order chi connectivity index (χ0) is 14.4. The zero-order valence-electron chi connectivity index (χ0n) is 13.5. The van der Waals surface area contributed by atoms with Crippen molar-refractivity contribution in [3.63, 3.8) is 0 Å². The lowest BCUT2D eigenvalue weighted by molar-refractivity contribution is 0.386. The average molecular weight is 273 g/mol. The third-order valence-corrected chi connectivity index (χ3v) is 4.65. The fourth-order valence-corrected chi connectivity index (χ4v) is 3.75. The Labute approximate surface area is 125 Å². The van der Waals surface area contributed by atoms with Gasteiger partial charge in [0.05, 0.1) is 0 Å². The van der Waals surface area contributed by atoms with Crippen molar-refractivity contribution in [1.82, 2.24) is 5.32 Å². The van der Waals surface area contributed by atoms with E-state index in [0.717, 1.165) is 17.8 Å². The van der Waals surface area contributed by atoms with Crippen molar-refractivity contribution in [2.24, 2.45) is 11.8 Å². The Morgan fingerprint density at radius 1 is 1.15 bits per heavy atom. The quantitative estimate of drug-likeness (QED) is 0.762. The second-order valence-corrected chi connectivity index (χ2v) is 6.91. The topological polar surface area (TPSA) is 12.0 Å². The van der Waals surface area contributed by atoms with Crippen LogP contribution in [0.4, 0.5) is 0 Å². The highest BCUT2D eigenvalue weighted by Crippen LogP contribution is 2.36. The molecule has 1 nitrogen and oxygen atoms in total. The van der Waals surface area contributed by atoms with E-state index in [2.05, 4.69) is 50.5 Å². The van der Waals surface area contributed by atoms with Gasteiger partial charge in [-0.1, -0.05) is 57.4 Å². The highest BCUT2D eigenvalue weighted by atomic mass is 14.8. The molecule has 2 atom stereocenters. The summed E-state index contributed by atoms with van der Waals surface area (Å²) in [4.78, 5) is 0. The van der Waals surface area contributed by atoms with E-state index < -0.39 is 0 Å². The summed E-state index contributed by atoms with van der Waals surface area (Å²) < 4.78 is 0. The molecule has 20 heavy (non-hydrogen) atoms. The number of benzene rings is 1. The van der Waals surface area contributed by atoms with Gasteiger partial charge in [0.25, 0.3) is 0 Å². The van der Waals surface area contributed by atoms with Crippen LogP contribution in [0.15, 0.2) is 24.3 Å². The molecule has 1 aliphatic carbocycles. The fourth-order valence-electron chi connectivity index (χ4n) is 3.75. The van der Waals surface area contributed by atoms with Gasteiger partial charge in [-0.25, -0.2) is 0 Å². The predicted molar refractivity (Wildman–Crippen MR) is 88.2 cm³/mol. The minimum absolute atomic E-state index is 0.743. The molecule has 1 aromatic carbocycles. The third kappa shape index (κ3) is 4.34. The van der Waals surface area contributed by atoms with Crippen LogP contribution in [0.25, 0.3) is 0 Å². The number of rotatable bonds is 5. The van der Waals surface area contributed by atoms with Crippen LogP contribution in [0, 0.1) is 11.8 Å². The largest absolute Gasteiger partial charge is 0.319 e. The van der Waals surface area contributed by atoms with Crippen molar-refractivity contribution in [3.05, 3.63) is 35.4 Å². The first kappa shape index (κ1) is 15.6. The Hall–Kier alpha value is -0.820. The highest BCUT2D eigenvalue weighted by molar-refractivity contribution is 5.27. The molecule has 0 aliphatic heterocycles. The molecular formula is C19H31N. The van der Waals surface area contributed by atoms with Gasteiger partial charge in [0.1, 0.15) is 0 Å². The summed E-state index contributed by atoms with van der Waals surface area (Å²) >= 11 is 0. The molecule has 1 aliphatic rings. The van der Waals surface area contributed by atoms with Crippen molar-refractivity contribution >= 4 is 0 Å². The maximum Gasteiger partial charge on any atom is -0.00177 e. The molecule has 1 N–H and O–H groups in total. The van der Waals surface area contributed by atoms with Crippen molar-refractivity contribution in [2.45, 2.75) is 58.3 Å². The van der Waals surface area contributed by atoms with E-state index in [-0.39, 0.29) is 0 Å². The summed E-state index contributed by atoms with van der Waals surface area (Å²) in [7, 11) is 2.09. The van der Waals surface area contributed by atoms with E-state index >= 15 is 0 Å². The minimum Gasteiger partial charge on any atom is -0.319 e. The second kappa shape index (κ2) is 7.83. The van der Waals surface area contributed by atoms with Crippen LogP contribution >= 0.6 is 0 Å². The Balaban J connectivity index is 2.17. The molecule has 1 aromatic rings. The number of nitrogens with one attached hydrogen (secondary N) is 1. The van der Waals surface area contributed by atoms with Crippen LogP contribution in [-0.4, -0.2) is 13.6 Å². The average Bonchev–Trinajstić information content (AvgIpc) is 2.64. The Kier molecular flexibility index (Phi) is 6.09. The molecule has 0 spiro atoms. The minimum atomic E-state index is 0.743. The third-order valence-electron chi connectivity index (χ3n) is 4.65. The van der Waals surface area contributed by atoms with Gasteiger partial charge >= 0.3 is 0 Å². The molecule has 0 radical (unpaired) electrons. The van der Waals surface area contributed by atoms with E-state index in [9.17, 15) is 0 Å². The van der Waals surface area contributed by atoms with E-state index in [1.165, 1.54) is 50.6 Å². The van der Waals surface area contributed by atoms with Gasteiger partial charge in [-0.3, -0.25) is 0 Å². The van der Waals surface area contributed by atoms with Crippen molar-refractivity contribution in [3.8, 4) is 0 Å². The van der Waals surface area contributed by atoms with Gasteiger partial charge in [-0.05, 0) is 61.7 Å². The SMILES string of the molecule is CNCC1CCCCCC1c1cccc(CC(C)C)c1. The molecular weight excluding hydrogens is 242 g/mol. The maximum absolute atomic E-state index is 3.41. The Bertz CT molecular complexity index is 397. The maximum atomic E-state index is 3.41. The van der Waals surface area contributed by atoms with Crippen molar-refractivity contribution < 1.29 is 0 Å². The normalized spacial score (nSPS) is 23.8. The smallest absolute Gasteiger partial charge is 0.00177 e. The Morgan fingerprint density at radius 2 is 1.95 bits per heavy atom. The predicted octanol–water partition coefficient (Wildman–Crippen LogP) is 4.77. The van der Waals surface area contributed by atoms with Gasteiger partial charge in [0, 0.05) is 0 Å². The van der Waals surface area contributed by atoms with Crippen LogP contribution in [0.3, 0.4) is 0 Å². The molecule has 1 saturated carbocycles. The lowest BCUT2D eigenvalue weighted by atomic mass is 9.81. The van der Waals surface area contributed by atoms with Crippen LogP contribution in [0.2, 0.25) is 0 Å². The van der Waals surface area contributed by atoms with E-state index in [0.29, 0.717) is 0 Å². The van der Waals surface area contributed by atoms with Gasteiger partial charge in [0.2, 0.25) is 0 Å². The molecule has 112 valence electrons. The van der Waals surface area contributed by atoms with Crippen molar-refractivity contribution in [2.75, 3.05) is 13.6 Å². The number of hydrogen-bond donors (Lipinski definition) is 1. The van der Waals surface area contributed by atoms with E-state index in [4.69, 9.17) is 0 Å². The van der Waals surface area contributed by atoms with Crippen LogP contribution < -0.4 is 5.32 Å². The zero-order valence-corrected chi connectivity index (χ0v) is 13.5. The molecule has 1 fully saturated rings. The molecule has 0 bridgehead atoms.